The van der Waals surface area contributed by atoms with E-state index >= 15 is 0 Å². The van der Waals surface area contributed by atoms with Crippen LogP contribution in [0.4, 0.5) is 0 Å². The molecule has 1 N–H and O–H groups in total. The molecule has 3 heteroatoms. The lowest BCUT2D eigenvalue weighted by Crippen LogP contribution is -1.99. The van der Waals surface area contributed by atoms with Crippen molar-refractivity contribution in [3.05, 3.63) is 52.0 Å². The summed E-state index contributed by atoms with van der Waals surface area (Å²) in [4.78, 5) is 5.08. The molecule has 0 bridgehead atoms. The molecule has 0 aliphatic heterocycles. The number of thiophene rings is 1. The third-order valence-electron chi connectivity index (χ3n) is 2.22. The number of aliphatic hydroxyl groups is 1. The monoisotopic (exact) mass is 205 g/mol. The predicted octanol–water partition coefficient (Wildman–Crippen LogP) is 2.53. The van der Waals surface area contributed by atoms with Crippen molar-refractivity contribution in [2.24, 2.45) is 0 Å². The normalized spacial score (nSPS) is 12.7. The lowest BCUT2D eigenvalue weighted by Gasteiger charge is -2.09. The van der Waals surface area contributed by atoms with Crippen LogP contribution < -0.4 is 0 Å². The van der Waals surface area contributed by atoms with Gasteiger partial charge in [0.2, 0.25) is 0 Å². The topological polar surface area (TPSA) is 33.1 Å². The van der Waals surface area contributed by atoms with E-state index in [4.69, 9.17) is 0 Å². The van der Waals surface area contributed by atoms with Gasteiger partial charge >= 0.3 is 0 Å². The van der Waals surface area contributed by atoms with E-state index in [1.165, 1.54) is 0 Å². The molecule has 72 valence electrons. The third kappa shape index (κ3) is 1.69. The summed E-state index contributed by atoms with van der Waals surface area (Å²) in [5, 5.41) is 12.0. The third-order valence-corrected chi connectivity index (χ3v) is 3.08. The molecule has 0 radical (unpaired) electrons. The highest BCUT2D eigenvalue weighted by Crippen LogP contribution is 2.27. The first-order valence-corrected chi connectivity index (χ1v) is 5.29. The number of nitrogens with zero attached hydrogens (tertiary/aromatic N) is 1. The number of aromatic nitrogens is 1. The molecule has 0 aliphatic carbocycles. The van der Waals surface area contributed by atoms with Gasteiger partial charge in [0, 0.05) is 17.3 Å². The van der Waals surface area contributed by atoms with Gasteiger partial charge in [-0.25, -0.2) is 0 Å². The summed E-state index contributed by atoms with van der Waals surface area (Å²) < 4.78 is 0. The first kappa shape index (κ1) is 9.37. The Hall–Kier alpha value is -1.19. The quantitative estimate of drug-likeness (QED) is 0.817. The van der Waals surface area contributed by atoms with Crippen molar-refractivity contribution in [2.45, 2.75) is 13.0 Å². The second-order valence-corrected chi connectivity index (χ2v) is 4.24. The Balaban J connectivity index is 2.34. The van der Waals surface area contributed by atoms with E-state index in [0.29, 0.717) is 0 Å². The highest BCUT2D eigenvalue weighted by Gasteiger charge is 2.12. The van der Waals surface area contributed by atoms with E-state index in [9.17, 15) is 5.11 Å². The van der Waals surface area contributed by atoms with Gasteiger partial charge in [-0.15, -0.1) is 11.3 Å². The van der Waals surface area contributed by atoms with Gasteiger partial charge in [-0.1, -0.05) is 0 Å². The fourth-order valence-corrected chi connectivity index (χ4v) is 2.14. The van der Waals surface area contributed by atoms with Crippen molar-refractivity contribution >= 4 is 11.3 Å². The fraction of sp³-hybridized carbons (Fsp3) is 0.182. The predicted molar refractivity (Wildman–Crippen MR) is 57.4 cm³/mol. The Bertz CT molecular complexity index is 410. The minimum Gasteiger partial charge on any atom is -0.384 e. The van der Waals surface area contributed by atoms with Crippen molar-refractivity contribution in [1.82, 2.24) is 4.98 Å². The van der Waals surface area contributed by atoms with Crippen LogP contribution in [0.5, 0.6) is 0 Å². The summed E-state index contributed by atoms with van der Waals surface area (Å²) in [5.41, 5.74) is 1.88. The molecule has 2 rings (SSSR count). The van der Waals surface area contributed by atoms with Crippen molar-refractivity contribution < 1.29 is 5.11 Å². The van der Waals surface area contributed by atoms with Crippen LogP contribution in [0.1, 0.15) is 22.1 Å². The van der Waals surface area contributed by atoms with Gasteiger partial charge in [0.05, 0.1) is 0 Å². The summed E-state index contributed by atoms with van der Waals surface area (Å²) in [6.45, 7) is 2.02. The summed E-state index contributed by atoms with van der Waals surface area (Å²) in [7, 11) is 0. The molecular formula is C11H11NOS. The van der Waals surface area contributed by atoms with Gasteiger partial charge in [-0.2, -0.15) is 0 Å². The first-order valence-electron chi connectivity index (χ1n) is 4.41. The van der Waals surface area contributed by atoms with Crippen LogP contribution in [-0.4, -0.2) is 10.1 Å². The maximum Gasteiger partial charge on any atom is 0.105 e. The second kappa shape index (κ2) is 3.90. The number of pyridine rings is 1. The summed E-state index contributed by atoms with van der Waals surface area (Å²) in [5.74, 6) is 0. The molecule has 0 saturated carbocycles. The zero-order chi connectivity index (χ0) is 9.97. The molecule has 0 saturated heterocycles. The summed E-state index contributed by atoms with van der Waals surface area (Å²) in [6.07, 6.45) is 2.87. The number of rotatable bonds is 2. The molecule has 0 amide bonds. The Morgan fingerprint density at radius 1 is 1.29 bits per heavy atom. The molecule has 2 aromatic heterocycles. The van der Waals surface area contributed by atoms with Gasteiger partial charge in [0.1, 0.15) is 6.10 Å². The molecular weight excluding hydrogens is 194 g/mol. The maximum absolute atomic E-state index is 10.0. The Morgan fingerprint density at radius 3 is 2.57 bits per heavy atom. The van der Waals surface area contributed by atoms with Crippen LogP contribution in [-0.2, 0) is 0 Å². The Labute approximate surface area is 86.9 Å². The van der Waals surface area contributed by atoms with Crippen LogP contribution in [0, 0.1) is 6.92 Å². The zero-order valence-electron chi connectivity index (χ0n) is 7.84. The number of aliphatic hydroxyl groups excluding tert-OH is 1. The largest absolute Gasteiger partial charge is 0.384 e. The minimum absolute atomic E-state index is 0.524. The molecule has 0 fully saturated rings. The standard InChI is InChI=1S/C11H11NOS/c1-8-10(4-7-14-8)11(13)9-2-5-12-6-3-9/h2-7,11,13H,1H3. The smallest absolute Gasteiger partial charge is 0.105 e. The van der Waals surface area contributed by atoms with Crippen molar-refractivity contribution in [1.29, 1.82) is 0 Å². The van der Waals surface area contributed by atoms with Crippen LogP contribution in [0.3, 0.4) is 0 Å². The van der Waals surface area contributed by atoms with E-state index in [1.807, 2.05) is 30.5 Å². The molecule has 14 heavy (non-hydrogen) atoms. The molecule has 2 aromatic rings. The SMILES string of the molecule is Cc1sccc1C(O)c1ccncc1. The molecule has 2 nitrogen and oxygen atoms in total. The summed E-state index contributed by atoms with van der Waals surface area (Å²) >= 11 is 1.65. The molecule has 1 atom stereocenters. The van der Waals surface area contributed by atoms with Gasteiger partial charge in [-0.05, 0) is 41.6 Å². The van der Waals surface area contributed by atoms with Crippen molar-refractivity contribution in [3.8, 4) is 0 Å². The Kier molecular flexibility index (Phi) is 2.61. The molecule has 0 spiro atoms. The van der Waals surface area contributed by atoms with E-state index in [2.05, 4.69) is 4.98 Å². The van der Waals surface area contributed by atoms with E-state index in [0.717, 1.165) is 16.0 Å². The second-order valence-electron chi connectivity index (χ2n) is 3.12. The minimum atomic E-state index is -0.524. The fourth-order valence-electron chi connectivity index (χ4n) is 1.40. The molecule has 0 aromatic carbocycles. The van der Waals surface area contributed by atoms with E-state index in [1.54, 1.807) is 23.7 Å². The van der Waals surface area contributed by atoms with Crippen LogP contribution >= 0.6 is 11.3 Å². The highest BCUT2D eigenvalue weighted by atomic mass is 32.1. The Morgan fingerprint density at radius 2 is 2.00 bits per heavy atom. The lowest BCUT2D eigenvalue weighted by molar-refractivity contribution is 0.220. The number of aryl methyl sites for hydroxylation is 1. The molecule has 2 heterocycles. The first-order chi connectivity index (χ1) is 6.79. The zero-order valence-corrected chi connectivity index (χ0v) is 8.66. The van der Waals surface area contributed by atoms with Gasteiger partial charge in [0.15, 0.2) is 0 Å². The maximum atomic E-state index is 10.0. The van der Waals surface area contributed by atoms with Crippen LogP contribution in [0.15, 0.2) is 36.0 Å². The van der Waals surface area contributed by atoms with Gasteiger partial charge in [0.25, 0.3) is 0 Å². The average Bonchev–Trinajstić information content (AvgIpc) is 2.65. The highest BCUT2D eigenvalue weighted by molar-refractivity contribution is 7.10. The average molecular weight is 205 g/mol. The lowest BCUT2D eigenvalue weighted by atomic mass is 10.0. The van der Waals surface area contributed by atoms with Gasteiger partial charge in [-0.3, -0.25) is 4.98 Å². The van der Waals surface area contributed by atoms with Crippen molar-refractivity contribution in [3.63, 3.8) is 0 Å². The number of hydrogen-bond donors (Lipinski definition) is 1. The van der Waals surface area contributed by atoms with Gasteiger partial charge < -0.3 is 5.11 Å². The van der Waals surface area contributed by atoms with E-state index in [-0.39, 0.29) is 0 Å². The molecule has 0 aliphatic rings. The van der Waals surface area contributed by atoms with Crippen molar-refractivity contribution in [2.75, 3.05) is 0 Å². The van der Waals surface area contributed by atoms with Crippen LogP contribution in [0.25, 0.3) is 0 Å². The van der Waals surface area contributed by atoms with E-state index < -0.39 is 6.10 Å². The molecule has 1 unspecified atom stereocenters. The summed E-state index contributed by atoms with van der Waals surface area (Å²) in [6, 6.07) is 5.63. The number of hydrogen-bond acceptors (Lipinski definition) is 3. The van der Waals surface area contributed by atoms with Crippen LogP contribution in [0.2, 0.25) is 0 Å².